The van der Waals surface area contributed by atoms with Crippen LogP contribution in [0.1, 0.15) is 297 Å². The lowest BCUT2D eigenvalue weighted by atomic mass is 10.0. The lowest BCUT2D eigenvalue weighted by Gasteiger charge is -2.27. The maximum Gasteiger partial charge on any atom is 0.472 e. The predicted molar refractivity (Wildman–Crippen MR) is 383 cm³/mol. The number of likely N-dealkylation sites (N-methyl/N-ethyl adjacent to an activating group) is 1. The molecular weight excluding hydrogens is 1110 g/mol. The zero-order valence-electron chi connectivity index (χ0n) is 57.7. The second-order valence-corrected chi connectivity index (χ2v) is 26.4. The molecule has 0 heterocycles. The number of hydrogen-bond donors (Lipinski definition) is 2. The number of carbonyl (C=O) groups excluding carboxylic acids is 2. The fraction of sp³-hybridized carbons (Fsp3) is 0.692. The summed E-state index contributed by atoms with van der Waals surface area (Å²) in [4.78, 5) is 37.9. The molecule has 504 valence electrons. The molecule has 0 fully saturated rings. The predicted octanol–water partition coefficient (Wildman–Crippen LogP) is 23.2. The van der Waals surface area contributed by atoms with Crippen molar-refractivity contribution in [2.75, 3.05) is 40.9 Å². The molecule has 10 heteroatoms. The van der Waals surface area contributed by atoms with Crippen molar-refractivity contribution < 1.29 is 37.3 Å². The number of esters is 1. The van der Waals surface area contributed by atoms with Gasteiger partial charge in [-0.1, -0.05) is 296 Å². The first-order valence-corrected chi connectivity index (χ1v) is 37.5. The molecule has 0 aromatic rings. The third-order valence-electron chi connectivity index (χ3n) is 15.3. The van der Waals surface area contributed by atoms with Crippen LogP contribution in [0.3, 0.4) is 0 Å². The fourth-order valence-corrected chi connectivity index (χ4v) is 10.6. The van der Waals surface area contributed by atoms with Gasteiger partial charge in [-0.25, -0.2) is 4.57 Å². The van der Waals surface area contributed by atoms with E-state index in [-0.39, 0.29) is 31.5 Å². The Morgan fingerprint density at radius 2 is 0.727 bits per heavy atom. The Morgan fingerprint density at radius 3 is 1.09 bits per heavy atom. The molecule has 0 aromatic heterocycles. The first kappa shape index (κ1) is 84.2. The van der Waals surface area contributed by atoms with E-state index < -0.39 is 20.0 Å². The van der Waals surface area contributed by atoms with Gasteiger partial charge in [-0.2, -0.15) is 0 Å². The van der Waals surface area contributed by atoms with Crippen LogP contribution in [0.25, 0.3) is 0 Å². The summed E-state index contributed by atoms with van der Waals surface area (Å²) in [6.07, 6.45) is 94.6. The second-order valence-electron chi connectivity index (χ2n) is 25.0. The van der Waals surface area contributed by atoms with Crippen molar-refractivity contribution in [2.24, 2.45) is 0 Å². The van der Waals surface area contributed by atoms with E-state index in [1.807, 2.05) is 33.3 Å². The summed E-state index contributed by atoms with van der Waals surface area (Å²) in [5, 5.41) is 3.06. The summed E-state index contributed by atoms with van der Waals surface area (Å²) in [5.74, 6) is -0.524. The Labute approximate surface area is 543 Å². The van der Waals surface area contributed by atoms with Gasteiger partial charge in [-0.15, -0.1) is 0 Å². The van der Waals surface area contributed by atoms with Crippen molar-refractivity contribution in [1.29, 1.82) is 0 Å². The highest BCUT2D eigenvalue weighted by atomic mass is 31.2. The molecule has 88 heavy (non-hydrogen) atoms. The van der Waals surface area contributed by atoms with E-state index in [1.165, 1.54) is 128 Å². The maximum atomic E-state index is 13.6. The topological polar surface area (TPSA) is 111 Å². The Kier molecular flexibility index (Phi) is 63.2. The van der Waals surface area contributed by atoms with Gasteiger partial charge in [0.2, 0.25) is 5.91 Å². The number of quaternary nitrogens is 1. The third-order valence-corrected chi connectivity index (χ3v) is 16.3. The van der Waals surface area contributed by atoms with E-state index in [0.29, 0.717) is 17.4 Å². The minimum Gasteiger partial charge on any atom is -0.456 e. The molecule has 1 amide bonds. The summed E-state index contributed by atoms with van der Waals surface area (Å²) >= 11 is 0. The largest absolute Gasteiger partial charge is 0.472 e. The number of hydrogen-bond acceptors (Lipinski definition) is 6. The number of nitrogens with one attached hydrogen (secondary N) is 1. The first-order chi connectivity index (χ1) is 42.9. The van der Waals surface area contributed by atoms with Gasteiger partial charge in [0, 0.05) is 12.8 Å². The molecular formula is C78H136N2O7P+. The molecule has 3 unspecified atom stereocenters. The molecule has 0 spiro atoms. The molecule has 0 saturated heterocycles. The monoisotopic (exact) mass is 1240 g/mol. The van der Waals surface area contributed by atoms with E-state index in [1.54, 1.807) is 0 Å². The van der Waals surface area contributed by atoms with Gasteiger partial charge >= 0.3 is 13.8 Å². The average molecular weight is 1240 g/mol. The molecule has 0 radical (unpaired) electrons. The van der Waals surface area contributed by atoms with Crippen LogP contribution in [-0.2, 0) is 27.9 Å². The molecule has 2 N–H and O–H groups in total. The lowest BCUT2D eigenvalue weighted by Crippen LogP contribution is -2.47. The molecule has 0 aliphatic heterocycles. The highest BCUT2D eigenvalue weighted by Gasteiger charge is 2.30. The first-order valence-electron chi connectivity index (χ1n) is 36.0. The van der Waals surface area contributed by atoms with Crippen molar-refractivity contribution in [1.82, 2.24) is 5.32 Å². The second kappa shape index (κ2) is 66.1. The number of carbonyl (C=O) groups is 2. The Bertz CT molecular complexity index is 1970. The summed E-state index contributed by atoms with van der Waals surface area (Å²) in [7, 11) is 1.47. The number of phosphoric ester groups is 1. The van der Waals surface area contributed by atoms with Crippen LogP contribution in [0.4, 0.5) is 0 Å². The van der Waals surface area contributed by atoms with Gasteiger partial charge in [0.1, 0.15) is 19.3 Å². The van der Waals surface area contributed by atoms with Crippen LogP contribution >= 0.6 is 7.82 Å². The van der Waals surface area contributed by atoms with E-state index in [4.69, 9.17) is 13.8 Å². The molecule has 0 aromatic carbocycles. The van der Waals surface area contributed by atoms with Gasteiger partial charge in [0.25, 0.3) is 0 Å². The minimum atomic E-state index is -4.47. The Balaban J connectivity index is 5.09. The molecule has 0 saturated carbocycles. The van der Waals surface area contributed by atoms with Crippen molar-refractivity contribution in [2.45, 2.75) is 309 Å². The van der Waals surface area contributed by atoms with Crippen LogP contribution in [-0.4, -0.2) is 74.3 Å². The third kappa shape index (κ3) is 66.6. The average Bonchev–Trinajstić information content (AvgIpc) is 3.61. The van der Waals surface area contributed by atoms with Crippen molar-refractivity contribution in [3.63, 3.8) is 0 Å². The van der Waals surface area contributed by atoms with Crippen LogP contribution in [0.5, 0.6) is 0 Å². The standard InChI is InChI=1S/C78H135N2O7P/c1-7-10-13-16-19-22-25-28-30-32-34-36-38-39-40-41-43-45-47-49-51-53-56-59-62-65-68-71-78(82)87-76(69-66-63-60-57-54-27-24-21-18-15-12-9-3)75(74-86-88(83,84)85-73-72-80(4,5)6)79-77(81)70-67-64-61-58-55-52-50-48-46-44-42-37-35-33-31-29-26-23-20-17-14-11-8-2/h10-11,13-14,19-20,22-23,28-31,34-37,39-40,44,46,66,69,75-76H,7-9,12,15-18,21,24-27,32-33,38,41-43,45,47-65,67-68,70-74H2,1-6H3,(H-,79,81,83,84)/p+1/b13-10-,14-11-,22-19-,23-20-,30-28-,31-29-,36-34-,37-35-,40-39-,46-44-,69-66+. The van der Waals surface area contributed by atoms with Gasteiger partial charge < -0.3 is 19.4 Å². The molecule has 0 rings (SSSR count). The number of allylic oxidation sites excluding steroid dienone is 21. The summed E-state index contributed by atoms with van der Waals surface area (Å²) in [6.45, 7) is 6.78. The normalized spacial score (nSPS) is 14.3. The van der Waals surface area contributed by atoms with Crippen LogP contribution in [0.15, 0.2) is 134 Å². The number of phosphoric acid groups is 1. The van der Waals surface area contributed by atoms with Crippen LogP contribution in [0.2, 0.25) is 0 Å². The molecule has 9 nitrogen and oxygen atoms in total. The number of nitrogens with zero attached hydrogens (tertiary/aromatic N) is 1. The number of amides is 1. The summed E-state index contributed by atoms with van der Waals surface area (Å²) in [6, 6.07) is -0.866. The van der Waals surface area contributed by atoms with Crippen LogP contribution < -0.4 is 5.32 Å². The number of rotatable bonds is 64. The van der Waals surface area contributed by atoms with Gasteiger partial charge in [-0.3, -0.25) is 18.6 Å². The van der Waals surface area contributed by atoms with E-state index in [0.717, 1.165) is 135 Å². The van der Waals surface area contributed by atoms with E-state index >= 15 is 0 Å². The molecule has 0 aliphatic rings. The van der Waals surface area contributed by atoms with Crippen LogP contribution in [0, 0.1) is 0 Å². The number of ether oxygens (including phenoxy) is 1. The minimum absolute atomic E-state index is 0.0310. The zero-order valence-corrected chi connectivity index (χ0v) is 58.6. The maximum absolute atomic E-state index is 13.6. The zero-order chi connectivity index (χ0) is 64.2. The van der Waals surface area contributed by atoms with E-state index in [2.05, 4.69) is 148 Å². The quantitative estimate of drug-likeness (QED) is 0.0205. The molecule has 0 bridgehead atoms. The summed E-state index contributed by atoms with van der Waals surface area (Å²) < 4.78 is 30.8. The fourth-order valence-electron chi connectivity index (χ4n) is 9.88. The Morgan fingerprint density at radius 1 is 0.409 bits per heavy atom. The van der Waals surface area contributed by atoms with Gasteiger partial charge in [0.05, 0.1) is 33.8 Å². The Hall–Kier alpha value is -3.85. The smallest absolute Gasteiger partial charge is 0.456 e. The highest BCUT2D eigenvalue weighted by molar-refractivity contribution is 7.47. The molecule has 3 atom stereocenters. The lowest BCUT2D eigenvalue weighted by molar-refractivity contribution is -0.870. The number of unbranched alkanes of at least 4 members (excludes halogenated alkanes) is 28. The van der Waals surface area contributed by atoms with Crippen molar-refractivity contribution in [3.8, 4) is 0 Å². The summed E-state index contributed by atoms with van der Waals surface area (Å²) in [5.41, 5.74) is 0. The van der Waals surface area contributed by atoms with Crippen molar-refractivity contribution in [3.05, 3.63) is 134 Å². The highest BCUT2D eigenvalue weighted by Crippen LogP contribution is 2.43. The molecule has 0 aliphatic carbocycles. The van der Waals surface area contributed by atoms with Crippen molar-refractivity contribution >= 4 is 19.7 Å². The van der Waals surface area contributed by atoms with Gasteiger partial charge in [-0.05, 0) is 122 Å². The van der Waals surface area contributed by atoms with Gasteiger partial charge in [0.15, 0.2) is 0 Å². The SMILES string of the molecule is CC/C=C\C/C=C\C/C=C\C/C=C\C/C=C\CCCCCCCCCCCCCC(=O)OC(/C=C/CCCCCCCCCCCC)C(COP(=O)(O)OCC[N+](C)(C)C)NC(=O)CCCCCCCCC/C=C\C/C=C\C/C=C\C/C=C\C/C=C\CC. The van der Waals surface area contributed by atoms with E-state index in [9.17, 15) is 19.0 Å².